The summed E-state index contributed by atoms with van der Waals surface area (Å²) in [5.74, 6) is 0. The number of fused-ring (bicyclic) bond motifs is 3. The van der Waals surface area contributed by atoms with E-state index in [-0.39, 0.29) is 0 Å². The Hall–Kier alpha value is -1.34. The van der Waals surface area contributed by atoms with Gasteiger partial charge in [0.2, 0.25) is 0 Å². The van der Waals surface area contributed by atoms with Crippen LogP contribution in [0.3, 0.4) is 0 Å². The number of hydrogen-bond donors (Lipinski definition) is 0. The quantitative estimate of drug-likeness (QED) is 0.495. The van der Waals surface area contributed by atoms with Crippen LogP contribution in [-0.2, 0) is 0 Å². The highest BCUT2D eigenvalue weighted by Crippen LogP contribution is 2.33. The zero-order valence-corrected chi connectivity index (χ0v) is 7.84. The van der Waals surface area contributed by atoms with Gasteiger partial charge >= 0.3 is 0 Å². The normalized spacial score (nSPS) is 11.1. The lowest BCUT2D eigenvalue weighted by Crippen LogP contribution is -1.62. The molecule has 0 N–H and O–H groups in total. The van der Waals surface area contributed by atoms with Gasteiger partial charge in [-0.3, -0.25) is 0 Å². The van der Waals surface area contributed by atoms with E-state index in [1.54, 1.807) is 0 Å². The van der Waals surface area contributed by atoms with Gasteiger partial charge in [-0.15, -0.1) is 11.3 Å². The zero-order valence-electron chi connectivity index (χ0n) is 7.03. The minimum Gasteiger partial charge on any atom is -0.143 e. The third-order valence-electron chi connectivity index (χ3n) is 2.34. The average Bonchev–Trinajstić information content (AvgIpc) is 2.72. The van der Waals surface area contributed by atoms with E-state index < -0.39 is 0 Å². The topological polar surface area (TPSA) is 0 Å². The second-order valence-corrected chi connectivity index (χ2v) is 4.04. The summed E-state index contributed by atoms with van der Waals surface area (Å²) < 4.78 is 1.39. The highest BCUT2D eigenvalue weighted by molar-refractivity contribution is 7.17. The molecule has 0 radical (unpaired) electrons. The Balaban J connectivity index is 2.58. The number of hydrogen-bond acceptors (Lipinski definition) is 1. The lowest BCUT2D eigenvalue weighted by Gasteiger charge is -1.90. The maximum Gasteiger partial charge on any atom is 0.0421 e. The van der Waals surface area contributed by atoms with Crippen molar-refractivity contribution in [2.45, 2.75) is 0 Å². The summed E-state index contributed by atoms with van der Waals surface area (Å²) in [5, 5.41) is 3.49. The van der Waals surface area contributed by atoms with E-state index in [0.717, 1.165) is 0 Å². The maximum absolute atomic E-state index is 2.19. The van der Waals surface area contributed by atoms with Crippen LogP contribution in [0.4, 0.5) is 0 Å². The predicted molar refractivity (Wildman–Crippen MR) is 58.4 cm³/mol. The Morgan fingerprint density at radius 1 is 0.846 bits per heavy atom. The molecule has 0 amide bonds. The van der Waals surface area contributed by atoms with E-state index in [0.29, 0.717) is 0 Å². The molecule has 0 aliphatic heterocycles. The third-order valence-corrected chi connectivity index (χ3v) is 3.31. The van der Waals surface area contributed by atoms with Crippen LogP contribution in [0.15, 0.2) is 47.8 Å². The Morgan fingerprint density at radius 2 is 1.69 bits per heavy atom. The molecule has 0 saturated heterocycles. The summed E-state index contributed by atoms with van der Waals surface area (Å²) in [7, 11) is 0. The van der Waals surface area contributed by atoms with Gasteiger partial charge in [0.15, 0.2) is 0 Å². The molecule has 1 aromatic heterocycles. The molecule has 0 atom stereocenters. The molecule has 0 nitrogen and oxygen atoms in total. The Labute approximate surface area is 80.8 Å². The fourth-order valence-corrected chi connectivity index (χ4v) is 2.65. The molecule has 62 valence electrons. The molecular formula is C12H8S. The summed E-state index contributed by atoms with van der Waals surface area (Å²) in [4.78, 5) is 0. The van der Waals surface area contributed by atoms with Gasteiger partial charge in [-0.25, -0.2) is 0 Å². The highest BCUT2D eigenvalue weighted by Gasteiger charge is 2.04. The fraction of sp³-hybridized carbons (Fsp3) is 0. The average molecular weight is 184 g/mol. The van der Waals surface area contributed by atoms with Crippen molar-refractivity contribution in [3.8, 4) is 11.1 Å². The monoisotopic (exact) mass is 184 g/mol. The standard InChI is InChI=1S/C12H8S/c1-3-9-4-2-6-11(9)12-10(5-1)7-8-13-12/h1-8H. The van der Waals surface area contributed by atoms with Crippen molar-refractivity contribution in [2.75, 3.05) is 0 Å². The van der Waals surface area contributed by atoms with Crippen molar-refractivity contribution >= 4 is 21.4 Å². The van der Waals surface area contributed by atoms with Crippen molar-refractivity contribution in [2.24, 2.45) is 0 Å². The Morgan fingerprint density at radius 3 is 2.62 bits per heavy atom. The molecule has 0 unspecified atom stereocenters. The first-order chi connectivity index (χ1) is 6.45. The van der Waals surface area contributed by atoms with Crippen molar-refractivity contribution in [1.29, 1.82) is 0 Å². The van der Waals surface area contributed by atoms with Crippen molar-refractivity contribution < 1.29 is 0 Å². The lowest BCUT2D eigenvalue weighted by molar-refractivity contribution is 1.86. The van der Waals surface area contributed by atoms with E-state index in [2.05, 4.69) is 47.8 Å². The molecule has 13 heavy (non-hydrogen) atoms. The molecule has 1 aromatic rings. The molecule has 0 fully saturated rings. The van der Waals surface area contributed by atoms with Gasteiger partial charge in [0.25, 0.3) is 0 Å². The van der Waals surface area contributed by atoms with Gasteiger partial charge in [-0.1, -0.05) is 36.4 Å². The first-order valence-electron chi connectivity index (χ1n) is 4.30. The fourth-order valence-electron chi connectivity index (χ4n) is 1.71. The second-order valence-electron chi connectivity index (χ2n) is 3.13. The largest absolute Gasteiger partial charge is 0.143 e. The highest BCUT2D eigenvalue weighted by atomic mass is 32.1. The molecule has 0 aromatic carbocycles. The SMILES string of the molecule is c1cc2cccc3ccsc3c-2c1. The first-order valence-corrected chi connectivity index (χ1v) is 5.18. The van der Waals surface area contributed by atoms with Crippen LogP contribution in [0.2, 0.25) is 0 Å². The summed E-state index contributed by atoms with van der Waals surface area (Å²) in [6, 6.07) is 15.1. The van der Waals surface area contributed by atoms with Crippen LogP contribution in [0.5, 0.6) is 0 Å². The molecule has 1 heteroatoms. The van der Waals surface area contributed by atoms with Gasteiger partial charge in [-0.2, -0.15) is 0 Å². The molecule has 0 saturated carbocycles. The van der Waals surface area contributed by atoms with Gasteiger partial charge in [0.05, 0.1) is 0 Å². The van der Waals surface area contributed by atoms with E-state index >= 15 is 0 Å². The van der Waals surface area contributed by atoms with Gasteiger partial charge < -0.3 is 0 Å². The van der Waals surface area contributed by atoms with Gasteiger partial charge in [0, 0.05) is 4.70 Å². The molecule has 3 rings (SSSR count). The summed E-state index contributed by atoms with van der Waals surface area (Å²) >= 11 is 1.81. The van der Waals surface area contributed by atoms with Crippen molar-refractivity contribution in [3.05, 3.63) is 47.8 Å². The number of rotatable bonds is 0. The number of thiophene rings is 1. The Bertz CT molecular complexity index is 522. The summed E-state index contributed by atoms with van der Waals surface area (Å²) in [5.41, 5.74) is 2.70. The molecule has 2 aliphatic rings. The van der Waals surface area contributed by atoms with E-state index in [4.69, 9.17) is 0 Å². The zero-order chi connectivity index (χ0) is 8.67. The maximum atomic E-state index is 2.19. The minimum absolute atomic E-state index is 1.33. The second kappa shape index (κ2) is 2.57. The molecule has 0 bridgehead atoms. The van der Waals surface area contributed by atoms with E-state index in [1.165, 1.54) is 21.2 Å². The van der Waals surface area contributed by atoms with Crippen molar-refractivity contribution in [3.63, 3.8) is 0 Å². The van der Waals surface area contributed by atoms with Crippen LogP contribution in [0.1, 0.15) is 0 Å². The van der Waals surface area contributed by atoms with Crippen LogP contribution >= 0.6 is 11.3 Å². The molecule has 0 spiro atoms. The first kappa shape index (κ1) is 7.10. The van der Waals surface area contributed by atoms with Crippen LogP contribution < -0.4 is 0 Å². The summed E-state index contributed by atoms with van der Waals surface area (Å²) in [6.07, 6.45) is 0. The van der Waals surface area contributed by atoms with E-state index in [1.807, 2.05) is 11.3 Å². The van der Waals surface area contributed by atoms with Crippen LogP contribution in [-0.4, -0.2) is 0 Å². The van der Waals surface area contributed by atoms with Crippen molar-refractivity contribution in [1.82, 2.24) is 0 Å². The molecule has 1 heterocycles. The summed E-state index contributed by atoms with van der Waals surface area (Å²) in [6.45, 7) is 0. The Kier molecular flexibility index (Phi) is 1.41. The van der Waals surface area contributed by atoms with Gasteiger partial charge in [-0.05, 0) is 28.0 Å². The van der Waals surface area contributed by atoms with E-state index in [9.17, 15) is 0 Å². The molecule has 2 aliphatic carbocycles. The molecular weight excluding hydrogens is 176 g/mol. The van der Waals surface area contributed by atoms with Gasteiger partial charge in [0.1, 0.15) is 0 Å². The smallest absolute Gasteiger partial charge is 0.0421 e. The van der Waals surface area contributed by atoms with Crippen LogP contribution in [0.25, 0.3) is 21.2 Å². The third kappa shape index (κ3) is 0.973. The lowest BCUT2D eigenvalue weighted by atomic mass is 10.2. The van der Waals surface area contributed by atoms with Crippen LogP contribution in [0, 0.1) is 0 Å². The predicted octanol–water partition coefficient (Wildman–Crippen LogP) is 4.01. The minimum atomic E-state index is 1.33.